The summed E-state index contributed by atoms with van der Waals surface area (Å²) in [6, 6.07) is 8.39. The monoisotopic (exact) mass is 323 g/mol. The molecule has 0 saturated carbocycles. The van der Waals surface area contributed by atoms with Crippen molar-refractivity contribution in [2.24, 2.45) is 0 Å². The standard InChI is InChI=1S/C12H10BrN3O3/c1-19-10-4-2-7(13)6-9(10)14-11-5-3-8(12(17)18)15-16-11/h2-6H,1H3,(H,14,16)(H,17,18). The highest BCUT2D eigenvalue weighted by Crippen LogP contribution is 2.29. The zero-order chi connectivity index (χ0) is 13.8. The van der Waals surface area contributed by atoms with Crippen LogP contribution < -0.4 is 10.1 Å². The van der Waals surface area contributed by atoms with E-state index in [1.54, 1.807) is 13.2 Å². The summed E-state index contributed by atoms with van der Waals surface area (Å²) in [6.45, 7) is 0. The molecule has 98 valence electrons. The highest BCUT2D eigenvalue weighted by molar-refractivity contribution is 9.10. The summed E-state index contributed by atoms with van der Waals surface area (Å²) < 4.78 is 6.09. The van der Waals surface area contributed by atoms with Crippen LogP contribution in [0.15, 0.2) is 34.8 Å². The molecule has 19 heavy (non-hydrogen) atoms. The zero-order valence-corrected chi connectivity index (χ0v) is 11.5. The van der Waals surface area contributed by atoms with Crippen molar-refractivity contribution in [2.45, 2.75) is 0 Å². The van der Waals surface area contributed by atoms with E-state index in [1.807, 2.05) is 12.1 Å². The predicted octanol–water partition coefficient (Wildman–Crippen LogP) is 2.69. The van der Waals surface area contributed by atoms with Gasteiger partial charge in [0.1, 0.15) is 5.75 Å². The average molecular weight is 324 g/mol. The lowest BCUT2D eigenvalue weighted by Crippen LogP contribution is -2.04. The summed E-state index contributed by atoms with van der Waals surface area (Å²) in [7, 11) is 1.56. The SMILES string of the molecule is COc1ccc(Br)cc1Nc1ccc(C(=O)O)nn1. The summed E-state index contributed by atoms with van der Waals surface area (Å²) >= 11 is 3.36. The number of halogens is 1. The molecule has 1 heterocycles. The van der Waals surface area contributed by atoms with Crippen molar-refractivity contribution < 1.29 is 14.6 Å². The van der Waals surface area contributed by atoms with Gasteiger partial charge in [-0.05, 0) is 30.3 Å². The second-order valence-electron chi connectivity index (χ2n) is 3.58. The van der Waals surface area contributed by atoms with Gasteiger partial charge in [0.15, 0.2) is 11.5 Å². The first-order valence-corrected chi connectivity index (χ1v) is 6.07. The molecule has 2 rings (SSSR count). The van der Waals surface area contributed by atoms with E-state index >= 15 is 0 Å². The van der Waals surface area contributed by atoms with Gasteiger partial charge in [-0.3, -0.25) is 0 Å². The molecule has 2 N–H and O–H groups in total. The molecule has 0 atom stereocenters. The maximum Gasteiger partial charge on any atom is 0.356 e. The molecule has 0 aliphatic rings. The second-order valence-corrected chi connectivity index (χ2v) is 4.49. The van der Waals surface area contributed by atoms with Gasteiger partial charge < -0.3 is 15.2 Å². The third-order valence-electron chi connectivity index (χ3n) is 2.31. The van der Waals surface area contributed by atoms with E-state index in [4.69, 9.17) is 9.84 Å². The van der Waals surface area contributed by atoms with E-state index in [9.17, 15) is 4.79 Å². The zero-order valence-electron chi connectivity index (χ0n) is 9.92. The van der Waals surface area contributed by atoms with Gasteiger partial charge in [0.2, 0.25) is 0 Å². The van der Waals surface area contributed by atoms with E-state index in [-0.39, 0.29) is 5.69 Å². The molecule has 0 unspecified atom stereocenters. The minimum atomic E-state index is -1.11. The van der Waals surface area contributed by atoms with Crippen molar-refractivity contribution in [3.63, 3.8) is 0 Å². The number of benzene rings is 1. The van der Waals surface area contributed by atoms with Crippen LogP contribution in [0.1, 0.15) is 10.5 Å². The van der Waals surface area contributed by atoms with Crippen LogP contribution in [0.5, 0.6) is 5.75 Å². The van der Waals surface area contributed by atoms with E-state index in [1.165, 1.54) is 12.1 Å². The number of carbonyl (C=O) groups is 1. The topological polar surface area (TPSA) is 84.3 Å². The van der Waals surface area contributed by atoms with E-state index in [0.717, 1.165) is 4.47 Å². The molecule has 0 saturated heterocycles. The minimum Gasteiger partial charge on any atom is -0.495 e. The number of rotatable bonds is 4. The Morgan fingerprint density at radius 1 is 1.32 bits per heavy atom. The number of ether oxygens (including phenoxy) is 1. The first-order chi connectivity index (χ1) is 9.10. The van der Waals surface area contributed by atoms with Gasteiger partial charge in [-0.25, -0.2) is 4.79 Å². The maximum atomic E-state index is 10.7. The molecule has 0 aliphatic carbocycles. The number of carboxylic acids is 1. The Hall–Kier alpha value is -2.15. The number of hydrogen-bond donors (Lipinski definition) is 2. The maximum absolute atomic E-state index is 10.7. The Kier molecular flexibility index (Phi) is 3.96. The number of aromatic carboxylic acids is 1. The van der Waals surface area contributed by atoms with Crippen molar-refractivity contribution in [3.05, 3.63) is 40.5 Å². The van der Waals surface area contributed by atoms with Crippen LogP contribution in [0, 0.1) is 0 Å². The second kappa shape index (κ2) is 5.66. The number of hydrogen-bond acceptors (Lipinski definition) is 5. The Bertz CT molecular complexity index is 602. The van der Waals surface area contributed by atoms with Crippen LogP contribution in [0.4, 0.5) is 11.5 Å². The van der Waals surface area contributed by atoms with Gasteiger partial charge in [-0.15, -0.1) is 10.2 Å². The Morgan fingerprint density at radius 2 is 2.11 bits per heavy atom. The fraction of sp³-hybridized carbons (Fsp3) is 0.0833. The molecule has 1 aromatic heterocycles. The minimum absolute atomic E-state index is 0.105. The van der Waals surface area contributed by atoms with Crippen molar-refractivity contribution in [1.82, 2.24) is 10.2 Å². The molecule has 1 aromatic carbocycles. The lowest BCUT2D eigenvalue weighted by molar-refractivity contribution is 0.0689. The summed E-state index contributed by atoms with van der Waals surface area (Å²) in [5.74, 6) is -0.0344. The van der Waals surface area contributed by atoms with Crippen molar-refractivity contribution in [3.8, 4) is 5.75 Å². The number of aromatic nitrogens is 2. The highest BCUT2D eigenvalue weighted by Gasteiger charge is 2.07. The van der Waals surface area contributed by atoms with Gasteiger partial charge in [-0.2, -0.15) is 0 Å². The van der Waals surface area contributed by atoms with Crippen molar-refractivity contribution >= 4 is 33.4 Å². The lowest BCUT2D eigenvalue weighted by atomic mass is 10.3. The Labute approximate surface area is 117 Å². The molecule has 0 aliphatic heterocycles. The number of nitrogens with zero attached hydrogens (tertiary/aromatic N) is 2. The Balaban J connectivity index is 2.25. The molecule has 0 spiro atoms. The molecule has 0 bridgehead atoms. The van der Waals surface area contributed by atoms with Gasteiger partial charge in [0.25, 0.3) is 0 Å². The number of anilines is 2. The molecule has 0 amide bonds. The summed E-state index contributed by atoms with van der Waals surface area (Å²) in [6.07, 6.45) is 0. The molecular weight excluding hydrogens is 314 g/mol. The quantitative estimate of drug-likeness (QED) is 0.899. The fourth-order valence-electron chi connectivity index (χ4n) is 1.43. The number of nitrogens with one attached hydrogen (secondary N) is 1. The van der Waals surface area contributed by atoms with Crippen LogP contribution in [0.3, 0.4) is 0 Å². The molecular formula is C12H10BrN3O3. The first kappa shape index (κ1) is 13.3. The van der Waals surface area contributed by atoms with Gasteiger partial charge in [0.05, 0.1) is 12.8 Å². The third kappa shape index (κ3) is 3.19. The van der Waals surface area contributed by atoms with E-state index in [2.05, 4.69) is 31.4 Å². The third-order valence-corrected chi connectivity index (χ3v) is 2.80. The number of carboxylic acid groups (broad SMARTS) is 1. The summed E-state index contributed by atoms with van der Waals surface area (Å²) in [4.78, 5) is 10.7. The molecule has 2 aromatic rings. The Morgan fingerprint density at radius 3 is 2.68 bits per heavy atom. The van der Waals surface area contributed by atoms with Crippen LogP contribution in [-0.4, -0.2) is 28.4 Å². The normalized spacial score (nSPS) is 10.0. The molecule has 0 radical (unpaired) electrons. The van der Waals surface area contributed by atoms with Crippen LogP contribution >= 0.6 is 15.9 Å². The van der Waals surface area contributed by atoms with Gasteiger partial charge >= 0.3 is 5.97 Å². The van der Waals surface area contributed by atoms with E-state index in [0.29, 0.717) is 17.3 Å². The van der Waals surface area contributed by atoms with E-state index < -0.39 is 5.97 Å². The molecule has 0 fully saturated rings. The average Bonchev–Trinajstić information content (AvgIpc) is 2.39. The fourth-order valence-corrected chi connectivity index (χ4v) is 1.79. The largest absolute Gasteiger partial charge is 0.495 e. The van der Waals surface area contributed by atoms with Gasteiger partial charge in [0, 0.05) is 4.47 Å². The molecule has 6 nitrogen and oxygen atoms in total. The van der Waals surface area contributed by atoms with Gasteiger partial charge in [-0.1, -0.05) is 15.9 Å². The van der Waals surface area contributed by atoms with Crippen molar-refractivity contribution in [2.75, 3.05) is 12.4 Å². The summed E-state index contributed by atoms with van der Waals surface area (Å²) in [5.41, 5.74) is 0.598. The van der Waals surface area contributed by atoms with Crippen molar-refractivity contribution in [1.29, 1.82) is 0 Å². The molecule has 7 heteroatoms. The van der Waals surface area contributed by atoms with Crippen LogP contribution in [0.2, 0.25) is 0 Å². The summed E-state index contributed by atoms with van der Waals surface area (Å²) in [5, 5.41) is 19.1. The first-order valence-electron chi connectivity index (χ1n) is 5.28. The highest BCUT2D eigenvalue weighted by atomic mass is 79.9. The van der Waals surface area contributed by atoms with Crippen LogP contribution in [0.25, 0.3) is 0 Å². The smallest absolute Gasteiger partial charge is 0.356 e. The lowest BCUT2D eigenvalue weighted by Gasteiger charge is -2.10. The number of methoxy groups -OCH3 is 1. The van der Waals surface area contributed by atoms with Crippen LogP contribution in [-0.2, 0) is 0 Å². The predicted molar refractivity (Wildman–Crippen MR) is 73.0 cm³/mol.